The highest BCUT2D eigenvalue weighted by molar-refractivity contribution is 7.08. The molecule has 0 saturated carbocycles. The van der Waals surface area contributed by atoms with Crippen LogP contribution in [0.25, 0.3) is 0 Å². The number of benzene rings is 2. The van der Waals surface area contributed by atoms with Crippen molar-refractivity contribution in [1.29, 1.82) is 0 Å². The number of piperidine rings is 1. The highest BCUT2D eigenvalue weighted by Crippen LogP contribution is 2.38. The highest BCUT2D eigenvalue weighted by Gasteiger charge is 2.44. The predicted octanol–water partition coefficient (Wildman–Crippen LogP) is 5.00. The van der Waals surface area contributed by atoms with Gasteiger partial charge >= 0.3 is 0 Å². The zero-order chi connectivity index (χ0) is 21.1. The summed E-state index contributed by atoms with van der Waals surface area (Å²) >= 11 is 1.57. The van der Waals surface area contributed by atoms with Crippen LogP contribution in [0.3, 0.4) is 0 Å². The molecule has 2 saturated heterocycles. The van der Waals surface area contributed by atoms with Crippen molar-refractivity contribution in [2.24, 2.45) is 0 Å². The molecule has 4 nitrogen and oxygen atoms in total. The van der Waals surface area contributed by atoms with Crippen molar-refractivity contribution in [3.8, 4) is 0 Å². The van der Waals surface area contributed by atoms with Crippen LogP contribution in [0, 0.1) is 0 Å². The molecule has 2 aromatic carbocycles. The number of morpholine rings is 1. The normalized spacial score (nSPS) is 21.3. The topological polar surface area (TPSA) is 32.8 Å². The first-order valence-corrected chi connectivity index (χ1v) is 12.0. The van der Waals surface area contributed by atoms with E-state index in [0.29, 0.717) is 0 Å². The maximum Gasteiger partial charge on any atom is 0.254 e. The predicted molar refractivity (Wildman–Crippen MR) is 124 cm³/mol. The highest BCUT2D eigenvalue weighted by atomic mass is 32.1. The van der Waals surface area contributed by atoms with Gasteiger partial charge in [0, 0.05) is 38.1 Å². The molecule has 5 rings (SSSR count). The van der Waals surface area contributed by atoms with Gasteiger partial charge in [0.05, 0.1) is 17.3 Å². The lowest BCUT2D eigenvalue weighted by Gasteiger charge is -2.50. The van der Waals surface area contributed by atoms with Crippen molar-refractivity contribution < 1.29 is 9.53 Å². The van der Waals surface area contributed by atoms with Gasteiger partial charge in [0.2, 0.25) is 0 Å². The molecule has 1 atom stereocenters. The van der Waals surface area contributed by atoms with E-state index in [1.165, 1.54) is 11.1 Å². The Balaban J connectivity index is 1.33. The summed E-state index contributed by atoms with van der Waals surface area (Å²) in [5.41, 5.74) is 3.16. The molecule has 2 fully saturated rings. The van der Waals surface area contributed by atoms with Gasteiger partial charge in [-0.15, -0.1) is 0 Å². The molecule has 5 heteroatoms. The Morgan fingerprint density at radius 3 is 2.39 bits per heavy atom. The number of rotatable bonds is 4. The number of hydrogen-bond donors (Lipinski definition) is 0. The van der Waals surface area contributed by atoms with Crippen LogP contribution < -0.4 is 0 Å². The SMILES string of the molecule is O=C(c1ccsc1)N1CCC2(CC1)CN(Cc1ccccc1)C[C@@H](c1ccccc1)O2. The van der Waals surface area contributed by atoms with Gasteiger partial charge in [-0.3, -0.25) is 9.69 Å². The molecule has 2 aliphatic heterocycles. The summed E-state index contributed by atoms with van der Waals surface area (Å²) < 4.78 is 6.81. The zero-order valence-electron chi connectivity index (χ0n) is 17.7. The van der Waals surface area contributed by atoms with E-state index in [0.717, 1.165) is 51.1 Å². The Kier molecular flexibility index (Phi) is 5.90. The molecule has 3 aromatic rings. The van der Waals surface area contributed by atoms with Crippen LogP contribution in [-0.2, 0) is 11.3 Å². The van der Waals surface area contributed by atoms with Gasteiger partial charge < -0.3 is 9.64 Å². The van der Waals surface area contributed by atoms with Crippen molar-refractivity contribution in [3.05, 3.63) is 94.2 Å². The van der Waals surface area contributed by atoms with Crippen molar-refractivity contribution in [1.82, 2.24) is 9.80 Å². The van der Waals surface area contributed by atoms with E-state index in [1.807, 2.05) is 21.7 Å². The number of nitrogens with zero attached hydrogens (tertiary/aromatic N) is 2. The molecule has 0 unspecified atom stereocenters. The minimum Gasteiger partial charge on any atom is -0.364 e. The molecule has 1 spiro atoms. The molecule has 0 radical (unpaired) electrons. The fourth-order valence-electron chi connectivity index (χ4n) is 4.85. The van der Waals surface area contributed by atoms with Crippen molar-refractivity contribution in [2.45, 2.75) is 31.1 Å². The van der Waals surface area contributed by atoms with Crippen LogP contribution in [0.4, 0.5) is 0 Å². The second-order valence-corrected chi connectivity index (χ2v) is 9.44. The fourth-order valence-corrected chi connectivity index (χ4v) is 5.48. The number of ether oxygens (including phenoxy) is 1. The van der Waals surface area contributed by atoms with E-state index in [4.69, 9.17) is 4.74 Å². The third-order valence-electron chi connectivity index (χ3n) is 6.48. The quantitative estimate of drug-likeness (QED) is 0.582. The Morgan fingerprint density at radius 2 is 1.71 bits per heavy atom. The second-order valence-electron chi connectivity index (χ2n) is 8.66. The van der Waals surface area contributed by atoms with E-state index in [-0.39, 0.29) is 17.6 Å². The lowest BCUT2D eigenvalue weighted by Crippen LogP contribution is -2.57. The van der Waals surface area contributed by atoms with E-state index < -0.39 is 0 Å². The Labute approximate surface area is 188 Å². The molecule has 1 amide bonds. The number of hydrogen-bond acceptors (Lipinski definition) is 4. The number of likely N-dealkylation sites (tertiary alicyclic amines) is 1. The van der Waals surface area contributed by atoms with E-state index in [9.17, 15) is 4.79 Å². The van der Waals surface area contributed by atoms with Crippen molar-refractivity contribution in [2.75, 3.05) is 26.2 Å². The molecular formula is C26H28N2O2S. The molecule has 0 aliphatic carbocycles. The summed E-state index contributed by atoms with van der Waals surface area (Å²) in [5.74, 6) is 0.146. The lowest BCUT2D eigenvalue weighted by atomic mass is 9.87. The Bertz CT molecular complexity index is 983. The first-order valence-electron chi connectivity index (χ1n) is 11.0. The largest absolute Gasteiger partial charge is 0.364 e. The number of carbonyl (C=O) groups excluding carboxylic acids is 1. The van der Waals surface area contributed by atoms with E-state index in [1.54, 1.807) is 11.3 Å². The molecule has 1 aromatic heterocycles. The van der Waals surface area contributed by atoms with Gasteiger partial charge in [-0.2, -0.15) is 11.3 Å². The summed E-state index contributed by atoms with van der Waals surface area (Å²) in [6.07, 6.45) is 1.80. The van der Waals surface area contributed by atoms with Crippen molar-refractivity contribution >= 4 is 17.2 Å². The standard InChI is InChI=1S/C26H28N2O2S/c29-25(23-11-16-31-19-23)28-14-12-26(13-15-28)20-27(17-21-7-3-1-4-8-21)18-24(30-26)22-9-5-2-6-10-22/h1-11,16,19,24H,12-15,17-18,20H2/t24-/m0/s1. The molecule has 31 heavy (non-hydrogen) atoms. The van der Waals surface area contributed by atoms with Crippen LogP contribution in [-0.4, -0.2) is 47.5 Å². The smallest absolute Gasteiger partial charge is 0.254 e. The number of thiophene rings is 1. The van der Waals surface area contributed by atoms with Gasteiger partial charge in [0.15, 0.2) is 0 Å². The van der Waals surface area contributed by atoms with Crippen LogP contribution in [0.15, 0.2) is 77.5 Å². The summed E-state index contributed by atoms with van der Waals surface area (Å²) in [6, 6.07) is 23.1. The monoisotopic (exact) mass is 432 g/mol. The minimum absolute atomic E-state index is 0.0535. The van der Waals surface area contributed by atoms with Crippen LogP contribution >= 0.6 is 11.3 Å². The summed E-state index contributed by atoms with van der Waals surface area (Å²) in [6.45, 7) is 4.21. The first kappa shape index (κ1) is 20.4. The molecule has 3 heterocycles. The lowest BCUT2D eigenvalue weighted by molar-refractivity contribution is -0.177. The third kappa shape index (κ3) is 4.59. The molecule has 160 valence electrons. The summed E-state index contributed by atoms with van der Waals surface area (Å²) in [5, 5.41) is 3.91. The van der Waals surface area contributed by atoms with E-state index >= 15 is 0 Å². The summed E-state index contributed by atoms with van der Waals surface area (Å²) in [7, 11) is 0. The number of carbonyl (C=O) groups is 1. The molecule has 0 bridgehead atoms. The molecule has 0 N–H and O–H groups in total. The van der Waals surface area contributed by atoms with Gasteiger partial charge in [0.25, 0.3) is 5.91 Å². The molecular weight excluding hydrogens is 404 g/mol. The zero-order valence-corrected chi connectivity index (χ0v) is 18.5. The third-order valence-corrected chi connectivity index (χ3v) is 7.16. The van der Waals surface area contributed by atoms with Crippen LogP contribution in [0.5, 0.6) is 0 Å². The summed E-state index contributed by atoms with van der Waals surface area (Å²) in [4.78, 5) is 17.3. The van der Waals surface area contributed by atoms with Crippen LogP contribution in [0.2, 0.25) is 0 Å². The van der Waals surface area contributed by atoms with E-state index in [2.05, 4.69) is 65.6 Å². The van der Waals surface area contributed by atoms with Gasteiger partial charge in [0.1, 0.15) is 0 Å². The number of amides is 1. The van der Waals surface area contributed by atoms with Gasteiger partial charge in [-0.1, -0.05) is 60.7 Å². The second kappa shape index (κ2) is 8.95. The maximum absolute atomic E-state index is 12.8. The van der Waals surface area contributed by atoms with Crippen molar-refractivity contribution in [3.63, 3.8) is 0 Å². The Morgan fingerprint density at radius 1 is 1.00 bits per heavy atom. The average Bonchev–Trinajstić information content (AvgIpc) is 3.35. The minimum atomic E-state index is -0.209. The van der Waals surface area contributed by atoms with Crippen LogP contribution in [0.1, 0.15) is 40.4 Å². The van der Waals surface area contributed by atoms with Gasteiger partial charge in [-0.25, -0.2) is 0 Å². The average molecular weight is 433 g/mol. The Hall–Kier alpha value is -2.47. The maximum atomic E-state index is 12.8. The van der Waals surface area contributed by atoms with Gasteiger partial charge in [-0.05, 0) is 35.4 Å². The molecule has 2 aliphatic rings. The fraction of sp³-hybridized carbons (Fsp3) is 0.346. The first-order chi connectivity index (χ1) is 15.2.